The molecule has 7 nitrogen and oxygen atoms in total. The molecule has 0 aliphatic heterocycles. The molecule has 0 saturated carbocycles. The van der Waals surface area contributed by atoms with Crippen molar-refractivity contribution in [2.24, 2.45) is 0 Å². The second-order valence-corrected chi connectivity index (χ2v) is 6.49. The highest BCUT2D eigenvalue weighted by molar-refractivity contribution is 5.99. The largest absolute Gasteiger partial charge is 0.497 e. The van der Waals surface area contributed by atoms with E-state index in [0.717, 1.165) is 5.75 Å². The molecule has 0 bridgehead atoms. The zero-order valence-electron chi connectivity index (χ0n) is 17.4. The second-order valence-electron chi connectivity index (χ2n) is 6.49. The summed E-state index contributed by atoms with van der Waals surface area (Å²) in [4.78, 5) is 24.3. The van der Waals surface area contributed by atoms with Crippen LogP contribution in [0.25, 0.3) is 0 Å². The Balaban J connectivity index is 1.48. The summed E-state index contributed by atoms with van der Waals surface area (Å²) in [7, 11) is 1.53. The Kier molecular flexibility index (Phi) is 7.48. The number of carbonyl (C=O) groups excluding carboxylic acids is 2. The SMILES string of the molecule is CCOc1ccc(Oc2ccc(NC(=O)CNC(=O)c3cccc(OC)c3)cc2)cc1. The summed E-state index contributed by atoms with van der Waals surface area (Å²) in [6.45, 7) is 2.39. The molecule has 160 valence electrons. The first-order valence-electron chi connectivity index (χ1n) is 9.80. The van der Waals surface area contributed by atoms with Crippen LogP contribution < -0.4 is 24.8 Å². The van der Waals surface area contributed by atoms with Gasteiger partial charge in [-0.1, -0.05) is 6.07 Å². The van der Waals surface area contributed by atoms with Crippen LogP contribution in [0, 0.1) is 0 Å². The zero-order chi connectivity index (χ0) is 22.1. The van der Waals surface area contributed by atoms with E-state index < -0.39 is 0 Å². The predicted octanol–water partition coefficient (Wildman–Crippen LogP) is 4.25. The number of anilines is 1. The van der Waals surface area contributed by atoms with Crippen molar-refractivity contribution in [1.82, 2.24) is 5.32 Å². The van der Waals surface area contributed by atoms with Gasteiger partial charge in [0.2, 0.25) is 5.91 Å². The summed E-state index contributed by atoms with van der Waals surface area (Å²) >= 11 is 0. The van der Waals surface area contributed by atoms with Crippen molar-refractivity contribution in [1.29, 1.82) is 0 Å². The van der Waals surface area contributed by atoms with Gasteiger partial charge in [-0.15, -0.1) is 0 Å². The lowest BCUT2D eigenvalue weighted by molar-refractivity contribution is -0.115. The zero-order valence-corrected chi connectivity index (χ0v) is 17.4. The molecular formula is C24H24N2O5. The molecule has 2 amide bonds. The van der Waals surface area contributed by atoms with Gasteiger partial charge in [0.05, 0.1) is 20.3 Å². The van der Waals surface area contributed by atoms with Crippen LogP contribution in [0.2, 0.25) is 0 Å². The van der Waals surface area contributed by atoms with Gasteiger partial charge in [0.25, 0.3) is 5.91 Å². The van der Waals surface area contributed by atoms with E-state index in [1.54, 1.807) is 48.5 Å². The summed E-state index contributed by atoms with van der Waals surface area (Å²) in [5, 5.41) is 5.32. The van der Waals surface area contributed by atoms with Crippen molar-refractivity contribution >= 4 is 17.5 Å². The number of amides is 2. The van der Waals surface area contributed by atoms with Gasteiger partial charge < -0.3 is 24.8 Å². The van der Waals surface area contributed by atoms with Crippen LogP contribution in [0.1, 0.15) is 17.3 Å². The van der Waals surface area contributed by atoms with Gasteiger partial charge in [-0.05, 0) is 73.7 Å². The Morgan fingerprint density at radius 3 is 2.13 bits per heavy atom. The van der Waals surface area contributed by atoms with E-state index in [4.69, 9.17) is 14.2 Å². The summed E-state index contributed by atoms with van der Waals surface area (Å²) in [5.74, 6) is 1.98. The van der Waals surface area contributed by atoms with Crippen LogP contribution in [0.4, 0.5) is 5.69 Å². The van der Waals surface area contributed by atoms with E-state index >= 15 is 0 Å². The Morgan fingerprint density at radius 2 is 1.48 bits per heavy atom. The van der Waals surface area contributed by atoms with E-state index in [0.29, 0.717) is 35.1 Å². The van der Waals surface area contributed by atoms with Crippen molar-refractivity contribution in [2.45, 2.75) is 6.92 Å². The van der Waals surface area contributed by atoms with Gasteiger partial charge in [0.1, 0.15) is 23.0 Å². The summed E-state index contributed by atoms with van der Waals surface area (Å²) in [5.41, 5.74) is 1.02. The van der Waals surface area contributed by atoms with E-state index in [-0.39, 0.29) is 18.4 Å². The van der Waals surface area contributed by atoms with Gasteiger partial charge in [-0.25, -0.2) is 0 Å². The minimum absolute atomic E-state index is 0.152. The maximum atomic E-state index is 12.2. The lowest BCUT2D eigenvalue weighted by atomic mass is 10.2. The maximum absolute atomic E-state index is 12.2. The minimum Gasteiger partial charge on any atom is -0.497 e. The Labute approximate surface area is 180 Å². The number of hydrogen-bond donors (Lipinski definition) is 2. The molecule has 31 heavy (non-hydrogen) atoms. The monoisotopic (exact) mass is 420 g/mol. The van der Waals surface area contributed by atoms with Crippen molar-refractivity contribution in [3.05, 3.63) is 78.4 Å². The third kappa shape index (κ3) is 6.50. The molecule has 0 spiro atoms. The molecule has 7 heteroatoms. The molecule has 2 N–H and O–H groups in total. The molecule has 0 aliphatic carbocycles. The fraction of sp³-hybridized carbons (Fsp3) is 0.167. The molecular weight excluding hydrogens is 396 g/mol. The topological polar surface area (TPSA) is 85.9 Å². The first-order valence-corrected chi connectivity index (χ1v) is 9.80. The number of rotatable bonds is 9. The molecule has 0 atom stereocenters. The highest BCUT2D eigenvalue weighted by Crippen LogP contribution is 2.25. The standard InChI is InChI=1S/C24H24N2O5/c1-3-30-19-11-13-21(14-12-19)31-20-9-7-18(8-10-20)26-23(27)16-25-24(28)17-5-4-6-22(15-17)29-2/h4-15H,3,16H2,1-2H3,(H,25,28)(H,26,27). The fourth-order valence-corrected chi connectivity index (χ4v) is 2.75. The van der Waals surface area contributed by atoms with Crippen LogP contribution >= 0.6 is 0 Å². The van der Waals surface area contributed by atoms with E-state index in [1.165, 1.54) is 7.11 Å². The number of carbonyl (C=O) groups is 2. The fourth-order valence-electron chi connectivity index (χ4n) is 2.75. The first kappa shape index (κ1) is 21.7. The van der Waals surface area contributed by atoms with Gasteiger partial charge >= 0.3 is 0 Å². The van der Waals surface area contributed by atoms with Crippen LogP contribution in [-0.4, -0.2) is 32.1 Å². The second kappa shape index (κ2) is 10.7. The third-order valence-corrected chi connectivity index (χ3v) is 4.25. The maximum Gasteiger partial charge on any atom is 0.251 e. The third-order valence-electron chi connectivity index (χ3n) is 4.25. The number of ether oxygens (including phenoxy) is 3. The number of benzene rings is 3. The molecule has 0 radical (unpaired) electrons. The normalized spacial score (nSPS) is 10.1. The van der Waals surface area contributed by atoms with Gasteiger partial charge in [-0.3, -0.25) is 9.59 Å². The Hall–Kier alpha value is -4.00. The van der Waals surface area contributed by atoms with E-state index in [2.05, 4.69) is 10.6 Å². The lowest BCUT2D eigenvalue weighted by Crippen LogP contribution is -2.32. The van der Waals surface area contributed by atoms with Crippen LogP contribution in [0.15, 0.2) is 72.8 Å². The predicted molar refractivity (Wildman–Crippen MR) is 118 cm³/mol. The van der Waals surface area contributed by atoms with Crippen molar-refractivity contribution in [3.8, 4) is 23.0 Å². The molecule has 0 aliphatic rings. The van der Waals surface area contributed by atoms with Gasteiger partial charge in [-0.2, -0.15) is 0 Å². The molecule has 0 aromatic heterocycles. The molecule has 3 aromatic rings. The molecule has 0 saturated heterocycles. The molecule has 3 aromatic carbocycles. The lowest BCUT2D eigenvalue weighted by Gasteiger charge is -2.10. The van der Waals surface area contributed by atoms with Gasteiger partial charge in [0, 0.05) is 11.3 Å². The van der Waals surface area contributed by atoms with Crippen LogP contribution in [-0.2, 0) is 4.79 Å². The average Bonchev–Trinajstić information content (AvgIpc) is 2.80. The van der Waals surface area contributed by atoms with Crippen molar-refractivity contribution in [2.75, 3.05) is 25.6 Å². The highest BCUT2D eigenvalue weighted by Gasteiger charge is 2.09. The van der Waals surface area contributed by atoms with E-state index in [1.807, 2.05) is 31.2 Å². The molecule has 3 rings (SSSR count). The molecule has 0 heterocycles. The van der Waals surface area contributed by atoms with Gasteiger partial charge in [0.15, 0.2) is 0 Å². The van der Waals surface area contributed by atoms with E-state index in [9.17, 15) is 9.59 Å². The first-order chi connectivity index (χ1) is 15.1. The molecule has 0 fully saturated rings. The quantitative estimate of drug-likeness (QED) is 0.540. The Morgan fingerprint density at radius 1 is 0.839 bits per heavy atom. The summed E-state index contributed by atoms with van der Waals surface area (Å²) < 4.78 is 16.3. The average molecular weight is 420 g/mol. The summed E-state index contributed by atoms with van der Waals surface area (Å²) in [6.07, 6.45) is 0. The smallest absolute Gasteiger partial charge is 0.251 e. The molecule has 0 unspecified atom stereocenters. The van der Waals surface area contributed by atoms with Crippen LogP contribution in [0.5, 0.6) is 23.0 Å². The highest BCUT2D eigenvalue weighted by atomic mass is 16.5. The van der Waals surface area contributed by atoms with Crippen LogP contribution in [0.3, 0.4) is 0 Å². The van der Waals surface area contributed by atoms with Crippen molar-refractivity contribution < 1.29 is 23.8 Å². The minimum atomic E-state index is -0.354. The number of methoxy groups -OCH3 is 1. The summed E-state index contributed by atoms with van der Waals surface area (Å²) in [6, 6.07) is 21.0. The van der Waals surface area contributed by atoms with Crippen molar-refractivity contribution in [3.63, 3.8) is 0 Å². The number of nitrogens with one attached hydrogen (secondary N) is 2. The Bertz CT molecular complexity index is 1020. The number of hydrogen-bond acceptors (Lipinski definition) is 5.